The van der Waals surface area contributed by atoms with E-state index in [0.717, 1.165) is 19.0 Å². The second kappa shape index (κ2) is 11.9. The first kappa shape index (κ1) is 24.2. The topological polar surface area (TPSA) is 48.9 Å². The van der Waals surface area contributed by atoms with Crippen LogP contribution in [0, 0.1) is 0 Å². The summed E-state index contributed by atoms with van der Waals surface area (Å²) in [5.74, 6) is 0.793. The number of guanidine groups is 1. The maximum atomic E-state index is 5.43. The Labute approximate surface area is 182 Å². The standard InChI is InChI=1S/C21H36N4O.HI/c1-17-8-6-7-13-25(17)15-19-11-9-18(10-12-19)14-23-20(22-4)24-16-21(2,3)26-5;/h9-12,17H,6-8,13-16H2,1-5H3,(H2,22,23,24);1H. The number of hydrogen-bond donors (Lipinski definition) is 2. The molecule has 0 aromatic heterocycles. The van der Waals surface area contributed by atoms with Crippen molar-refractivity contribution in [3.05, 3.63) is 35.4 Å². The SMILES string of the molecule is CN=C(NCc1ccc(CN2CCCCC2C)cc1)NCC(C)(C)OC.I. The Bertz CT molecular complexity index is 574. The van der Waals surface area contributed by atoms with E-state index in [2.05, 4.69) is 65.6 Å². The third kappa shape index (κ3) is 8.35. The van der Waals surface area contributed by atoms with Crippen LogP contribution in [0.4, 0.5) is 0 Å². The molecule has 6 heteroatoms. The third-order valence-electron chi connectivity index (χ3n) is 5.27. The van der Waals surface area contributed by atoms with E-state index in [-0.39, 0.29) is 29.6 Å². The number of rotatable bonds is 7. The molecule has 1 heterocycles. The minimum atomic E-state index is -0.217. The van der Waals surface area contributed by atoms with E-state index >= 15 is 0 Å². The zero-order chi connectivity index (χ0) is 19.0. The fourth-order valence-corrected chi connectivity index (χ4v) is 3.16. The van der Waals surface area contributed by atoms with Gasteiger partial charge >= 0.3 is 0 Å². The highest BCUT2D eigenvalue weighted by atomic mass is 127. The second-order valence-electron chi connectivity index (χ2n) is 7.87. The zero-order valence-corrected chi connectivity index (χ0v) is 19.9. The molecule has 0 radical (unpaired) electrons. The number of halogens is 1. The molecule has 1 atom stereocenters. The van der Waals surface area contributed by atoms with Crippen LogP contribution in [0.5, 0.6) is 0 Å². The van der Waals surface area contributed by atoms with Crippen LogP contribution in [0.1, 0.15) is 51.2 Å². The highest BCUT2D eigenvalue weighted by Crippen LogP contribution is 2.19. The van der Waals surface area contributed by atoms with Gasteiger partial charge in [-0.15, -0.1) is 24.0 Å². The molecule has 2 rings (SSSR count). The second-order valence-corrected chi connectivity index (χ2v) is 7.87. The molecule has 27 heavy (non-hydrogen) atoms. The minimum absolute atomic E-state index is 0. The summed E-state index contributed by atoms with van der Waals surface area (Å²) in [5.41, 5.74) is 2.44. The lowest BCUT2D eigenvalue weighted by molar-refractivity contribution is 0.0268. The third-order valence-corrected chi connectivity index (χ3v) is 5.27. The lowest BCUT2D eigenvalue weighted by Gasteiger charge is -2.33. The van der Waals surface area contributed by atoms with Crippen molar-refractivity contribution in [3.8, 4) is 0 Å². The lowest BCUT2D eigenvalue weighted by atomic mass is 10.0. The van der Waals surface area contributed by atoms with Crippen LogP contribution >= 0.6 is 24.0 Å². The molecule has 1 aromatic rings. The summed E-state index contributed by atoms with van der Waals surface area (Å²) < 4.78 is 5.43. The highest BCUT2D eigenvalue weighted by molar-refractivity contribution is 14.0. The molecule has 0 bridgehead atoms. The van der Waals surface area contributed by atoms with Gasteiger partial charge in [0.1, 0.15) is 0 Å². The number of benzene rings is 1. The minimum Gasteiger partial charge on any atom is -0.377 e. The van der Waals surface area contributed by atoms with Crippen LogP contribution in [0.2, 0.25) is 0 Å². The average molecular weight is 488 g/mol. The van der Waals surface area contributed by atoms with Gasteiger partial charge < -0.3 is 15.4 Å². The molecule has 1 fully saturated rings. The van der Waals surface area contributed by atoms with Gasteiger partial charge in [-0.25, -0.2) is 0 Å². The van der Waals surface area contributed by atoms with E-state index in [1.807, 2.05) is 0 Å². The van der Waals surface area contributed by atoms with Gasteiger partial charge in [-0.3, -0.25) is 9.89 Å². The fourth-order valence-electron chi connectivity index (χ4n) is 3.16. The molecule has 5 nitrogen and oxygen atoms in total. The van der Waals surface area contributed by atoms with E-state index in [0.29, 0.717) is 12.6 Å². The lowest BCUT2D eigenvalue weighted by Crippen LogP contribution is -2.45. The summed E-state index contributed by atoms with van der Waals surface area (Å²) in [6, 6.07) is 9.63. The van der Waals surface area contributed by atoms with Crippen LogP contribution in [0.3, 0.4) is 0 Å². The summed E-state index contributed by atoms with van der Waals surface area (Å²) in [7, 11) is 3.52. The van der Waals surface area contributed by atoms with Gasteiger partial charge in [-0.1, -0.05) is 30.7 Å². The summed E-state index contributed by atoms with van der Waals surface area (Å²) in [4.78, 5) is 6.87. The molecular formula is C21H37IN4O. The van der Waals surface area contributed by atoms with Crippen LogP contribution < -0.4 is 10.6 Å². The maximum absolute atomic E-state index is 5.43. The van der Waals surface area contributed by atoms with E-state index in [1.54, 1.807) is 14.2 Å². The zero-order valence-electron chi connectivity index (χ0n) is 17.5. The number of piperidine rings is 1. The predicted molar refractivity (Wildman–Crippen MR) is 125 cm³/mol. The highest BCUT2D eigenvalue weighted by Gasteiger charge is 2.18. The van der Waals surface area contributed by atoms with Crippen molar-refractivity contribution in [2.75, 3.05) is 27.2 Å². The van der Waals surface area contributed by atoms with Gasteiger partial charge in [-0.05, 0) is 51.3 Å². The van der Waals surface area contributed by atoms with Gasteiger partial charge in [0.25, 0.3) is 0 Å². The first-order chi connectivity index (χ1) is 12.4. The molecule has 2 N–H and O–H groups in total. The van der Waals surface area contributed by atoms with Crippen LogP contribution in [0.15, 0.2) is 29.3 Å². The molecular weight excluding hydrogens is 451 g/mol. The quantitative estimate of drug-likeness (QED) is 0.349. The van der Waals surface area contributed by atoms with Crippen LogP contribution in [-0.2, 0) is 17.8 Å². The summed E-state index contributed by atoms with van der Waals surface area (Å²) >= 11 is 0. The van der Waals surface area contributed by atoms with Crippen molar-refractivity contribution in [2.24, 2.45) is 4.99 Å². The van der Waals surface area contributed by atoms with Gasteiger partial charge in [0, 0.05) is 39.8 Å². The van der Waals surface area contributed by atoms with Gasteiger partial charge in [0.05, 0.1) is 5.60 Å². The molecule has 1 aromatic carbocycles. The number of aliphatic imine (C=N–C) groups is 1. The van der Waals surface area contributed by atoms with Crippen molar-refractivity contribution in [1.29, 1.82) is 0 Å². The first-order valence-electron chi connectivity index (χ1n) is 9.75. The number of nitrogens with one attached hydrogen (secondary N) is 2. The van der Waals surface area contributed by atoms with Crippen LogP contribution in [-0.4, -0.2) is 49.7 Å². The van der Waals surface area contributed by atoms with E-state index in [4.69, 9.17) is 4.74 Å². The van der Waals surface area contributed by atoms with Crippen molar-refractivity contribution in [2.45, 2.75) is 64.8 Å². The summed E-state index contributed by atoms with van der Waals surface area (Å²) in [6.45, 7) is 10.2. The van der Waals surface area contributed by atoms with Crippen molar-refractivity contribution in [1.82, 2.24) is 15.5 Å². The molecule has 1 saturated heterocycles. The number of nitrogens with zero attached hydrogens (tertiary/aromatic N) is 2. The maximum Gasteiger partial charge on any atom is 0.191 e. The summed E-state index contributed by atoms with van der Waals surface area (Å²) in [6.07, 6.45) is 4.03. The number of likely N-dealkylation sites (tertiary alicyclic amines) is 1. The Morgan fingerprint density at radius 1 is 1.19 bits per heavy atom. The van der Waals surface area contributed by atoms with Gasteiger partial charge in [0.15, 0.2) is 5.96 Å². The number of methoxy groups -OCH3 is 1. The molecule has 154 valence electrons. The van der Waals surface area contributed by atoms with Crippen molar-refractivity contribution in [3.63, 3.8) is 0 Å². The van der Waals surface area contributed by atoms with Gasteiger partial charge in [0.2, 0.25) is 0 Å². The molecule has 1 unspecified atom stereocenters. The summed E-state index contributed by atoms with van der Waals surface area (Å²) in [5, 5.41) is 6.67. The van der Waals surface area contributed by atoms with Crippen molar-refractivity contribution >= 4 is 29.9 Å². The molecule has 0 saturated carbocycles. The average Bonchev–Trinajstić information content (AvgIpc) is 2.65. The molecule has 1 aliphatic rings. The first-order valence-corrected chi connectivity index (χ1v) is 9.75. The molecule has 0 aliphatic carbocycles. The number of ether oxygens (including phenoxy) is 1. The smallest absolute Gasteiger partial charge is 0.191 e. The normalized spacial score (nSPS) is 18.7. The molecule has 1 aliphatic heterocycles. The van der Waals surface area contributed by atoms with E-state index in [9.17, 15) is 0 Å². The largest absolute Gasteiger partial charge is 0.377 e. The Kier molecular flexibility index (Phi) is 10.6. The number of hydrogen-bond acceptors (Lipinski definition) is 3. The Balaban J connectivity index is 0.00000364. The predicted octanol–water partition coefficient (Wildman–Crippen LogP) is 3.77. The molecule has 0 spiro atoms. The Morgan fingerprint density at radius 3 is 2.44 bits per heavy atom. The molecule has 0 amide bonds. The Morgan fingerprint density at radius 2 is 1.85 bits per heavy atom. The van der Waals surface area contributed by atoms with E-state index in [1.165, 1.54) is 36.9 Å². The fraction of sp³-hybridized carbons (Fsp3) is 0.667. The Hall–Kier alpha value is -0.860. The van der Waals surface area contributed by atoms with Crippen LogP contribution in [0.25, 0.3) is 0 Å². The van der Waals surface area contributed by atoms with E-state index < -0.39 is 0 Å². The van der Waals surface area contributed by atoms with Crippen molar-refractivity contribution < 1.29 is 4.74 Å². The monoisotopic (exact) mass is 488 g/mol. The van der Waals surface area contributed by atoms with Gasteiger partial charge in [-0.2, -0.15) is 0 Å².